The van der Waals surface area contributed by atoms with Crippen LogP contribution >= 0.6 is 0 Å². The molecule has 0 unspecified atom stereocenters. The van der Waals surface area contributed by atoms with Gasteiger partial charge in [-0.3, -0.25) is 0 Å². The predicted molar refractivity (Wildman–Crippen MR) is 73.5 cm³/mol. The molecule has 2 N–H and O–H groups in total. The van der Waals surface area contributed by atoms with Crippen LogP contribution in [0.1, 0.15) is 24.4 Å². The highest BCUT2D eigenvalue weighted by Gasteiger charge is 2.19. The van der Waals surface area contributed by atoms with Gasteiger partial charge in [-0.2, -0.15) is 0 Å². The van der Waals surface area contributed by atoms with E-state index in [1.54, 1.807) is 0 Å². The summed E-state index contributed by atoms with van der Waals surface area (Å²) in [5, 5.41) is 3.51. The van der Waals surface area contributed by atoms with Gasteiger partial charge in [0.05, 0.1) is 5.69 Å². The van der Waals surface area contributed by atoms with Gasteiger partial charge in [-0.1, -0.05) is 30.3 Å². The van der Waals surface area contributed by atoms with Crippen molar-refractivity contribution >= 4 is 0 Å². The second-order valence-corrected chi connectivity index (χ2v) is 5.00. The standard InChI is InChI=1S/C15H19N3/c1-11-15(12-5-3-2-4-6-12)18-14(17-11)9-10-16-13-7-8-13/h2-6,13,16H,7-10H2,1H3,(H,17,18). The molecule has 18 heavy (non-hydrogen) atoms. The van der Waals surface area contributed by atoms with Crippen molar-refractivity contribution in [3.63, 3.8) is 0 Å². The molecule has 1 fully saturated rings. The molecule has 3 rings (SSSR count). The Balaban J connectivity index is 1.69. The molecule has 0 aliphatic heterocycles. The first kappa shape index (κ1) is 11.5. The number of hydrogen-bond donors (Lipinski definition) is 2. The van der Waals surface area contributed by atoms with Gasteiger partial charge in [-0.05, 0) is 19.8 Å². The van der Waals surface area contributed by atoms with Crippen LogP contribution in [0.3, 0.4) is 0 Å². The number of rotatable bonds is 5. The van der Waals surface area contributed by atoms with Crippen molar-refractivity contribution in [3.05, 3.63) is 41.9 Å². The van der Waals surface area contributed by atoms with Crippen LogP contribution in [0, 0.1) is 6.92 Å². The molecule has 0 radical (unpaired) electrons. The highest BCUT2D eigenvalue weighted by atomic mass is 15.0. The van der Waals surface area contributed by atoms with E-state index >= 15 is 0 Å². The molecule has 0 amide bonds. The summed E-state index contributed by atoms with van der Waals surface area (Å²) in [4.78, 5) is 8.09. The van der Waals surface area contributed by atoms with Gasteiger partial charge in [-0.25, -0.2) is 4.98 Å². The average molecular weight is 241 g/mol. The number of nitrogens with zero attached hydrogens (tertiary/aromatic N) is 1. The quantitative estimate of drug-likeness (QED) is 0.845. The largest absolute Gasteiger partial charge is 0.346 e. The number of aromatic nitrogens is 2. The minimum absolute atomic E-state index is 0.773. The Morgan fingerprint density at radius 2 is 2.06 bits per heavy atom. The van der Waals surface area contributed by atoms with E-state index in [-0.39, 0.29) is 0 Å². The van der Waals surface area contributed by atoms with E-state index in [2.05, 4.69) is 41.5 Å². The molecule has 1 aliphatic rings. The molecule has 2 aromatic rings. The van der Waals surface area contributed by atoms with Gasteiger partial charge in [0, 0.05) is 30.3 Å². The van der Waals surface area contributed by atoms with E-state index < -0.39 is 0 Å². The molecule has 3 heteroatoms. The zero-order chi connectivity index (χ0) is 12.4. The number of aryl methyl sites for hydroxylation is 1. The van der Waals surface area contributed by atoms with Crippen LogP contribution < -0.4 is 5.32 Å². The number of imidazole rings is 1. The molecule has 1 aromatic carbocycles. The molecule has 3 nitrogen and oxygen atoms in total. The molecule has 1 aliphatic carbocycles. The molecule has 94 valence electrons. The lowest BCUT2D eigenvalue weighted by Crippen LogP contribution is -2.19. The SMILES string of the molecule is Cc1[nH]c(CCNC2CC2)nc1-c1ccccc1. The number of H-pyrrole nitrogens is 1. The van der Waals surface area contributed by atoms with Crippen molar-refractivity contribution in [3.8, 4) is 11.3 Å². The second kappa shape index (κ2) is 4.94. The summed E-state index contributed by atoms with van der Waals surface area (Å²) in [6.45, 7) is 3.11. The highest BCUT2D eigenvalue weighted by Crippen LogP contribution is 2.21. The summed E-state index contributed by atoms with van der Waals surface area (Å²) in [6, 6.07) is 11.1. The maximum absolute atomic E-state index is 4.70. The van der Waals surface area contributed by atoms with Gasteiger partial charge in [0.2, 0.25) is 0 Å². The molecule has 0 bridgehead atoms. The molecule has 0 saturated heterocycles. The summed E-state index contributed by atoms with van der Waals surface area (Å²) in [5.41, 5.74) is 3.42. The molecular formula is C15H19N3. The number of nitrogens with one attached hydrogen (secondary N) is 2. The first-order valence-electron chi connectivity index (χ1n) is 6.67. The van der Waals surface area contributed by atoms with Gasteiger partial charge in [0.25, 0.3) is 0 Å². The van der Waals surface area contributed by atoms with Gasteiger partial charge < -0.3 is 10.3 Å². The zero-order valence-electron chi connectivity index (χ0n) is 10.7. The molecular weight excluding hydrogens is 222 g/mol. The van der Waals surface area contributed by atoms with E-state index in [1.807, 2.05) is 6.07 Å². The smallest absolute Gasteiger partial charge is 0.108 e. The minimum Gasteiger partial charge on any atom is -0.346 e. The second-order valence-electron chi connectivity index (χ2n) is 5.00. The summed E-state index contributed by atoms with van der Waals surface area (Å²) < 4.78 is 0. The molecule has 1 heterocycles. The number of hydrogen-bond acceptors (Lipinski definition) is 2. The minimum atomic E-state index is 0.773. The Hall–Kier alpha value is -1.61. The fourth-order valence-electron chi connectivity index (χ4n) is 2.20. The molecule has 1 aromatic heterocycles. The van der Waals surface area contributed by atoms with Crippen molar-refractivity contribution in [2.45, 2.75) is 32.2 Å². The first-order valence-corrected chi connectivity index (χ1v) is 6.67. The first-order chi connectivity index (χ1) is 8.83. The lowest BCUT2D eigenvalue weighted by Gasteiger charge is -1.99. The Kier molecular flexibility index (Phi) is 3.15. The summed E-state index contributed by atoms with van der Waals surface area (Å²) in [6.07, 6.45) is 3.66. The number of benzene rings is 1. The van der Waals surface area contributed by atoms with Crippen LogP contribution in [-0.2, 0) is 6.42 Å². The third-order valence-electron chi connectivity index (χ3n) is 3.35. The Labute approximate surface area is 108 Å². The zero-order valence-corrected chi connectivity index (χ0v) is 10.7. The molecule has 0 atom stereocenters. The van der Waals surface area contributed by atoms with E-state index in [0.717, 1.165) is 36.2 Å². The average Bonchev–Trinajstić information content (AvgIpc) is 3.13. The van der Waals surface area contributed by atoms with Crippen molar-refractivity contribution in [2.24, 2.45) is 0 Å². The normalized spacial score (nSPS) is 14.9. The van der Waals surface area contributed by atoms with Crippen LogP contribution in [0.5, 0.6) is 0 Å². The van der Waals surface area contributed by atoms with Crippen LogP contribution in [0.2, 0.25) is 0 Å². The highest BCUT2D eigenvalue weighted by molar-refractivity contribution is 5.61. The Morgan fingerprint density at radius 1 is 1.28 bits per heavy atom. The van der Waals surface area contributed by atoms with E-state index in [1.165, 1.54) is 18.4 Å². The van der Waals surface area contributed by atoms with Crippen LogP contribution in [0.15, 0.2) is 30.3 Å². The van der Waals surface area contributed by atoms with E-state index in [4.69, 9.17) is 4.98 Å². The molecule has 1 saturated carbocycles. The summed E-state index contributed by atoms with van der Waals surface area (Å²) in [7, 11) is 0. The van der Waals surface area contributed by atoms with Crippen LogP contribution in [-0.4, -0.2) is 22.6 Å². The van der Waals surface area contributed by atoms with E-state index in [0.29, 0.717) is 0 Å². The lowest BCUT2D eigenvalue weighted by atomic mass is 10.1. The Bertz CT molecular complexity index is 512. The van der Waals surface area contributed by atoms with Crippen LogP contribution in [0.25, 0.3) is 11.3 Å². The third-order valence-corrected chi connectivity index (χ3v) is 3.35. The molecule has 0 spiro atoms. The van der Waals surface area contributed by atoms with Gasteiger partial charge in [-0.15, -0.1) is 0 Å². The van der Waals surface area contributed by atoms with Gasteiger partial charge in [0.1, 0.15) is 5.82 Å². The van der Waals surface area contributed by atoms with E-state index in [9.17, 15) is 0 Å². The monoisotopic (exact) mass is 241 g/mol. The fraction of sp³-hybridized carbons (Fsp3) is 0.400. The maximum atomic E-state index is 4.70. The van der Waals surface area contributed by atoms with Crippen molar-refractivity contribution in [2.75, 3.05) is 6.54 Å². The number of aromatic amines is 1. The fourth-order valence-corrected chi connectivity index (χ4v) is 2.20. The topological polar surface area (TPSA) is 40.7 Å². The van der Waals surface area contributed by atoms with Gasteiger partial charge in [0.15, 0.2) is 0 Å². The van der Waals surface area contributed by atoms with Crippen molar-refractivity contribution in [1.29, 1.82) is 0 Å². The summed E-state index contributed by atoms with van der Waals surface area (Å²) >= 11 is 0. The van der Waals surface area contributed by atoms with Crippen LogP contribution in [0.4, 0.5) is 0 Å². The van der Waals surface area contributed by atoms with Crippen molar-refractivity contribution in [1.82, 2.24) is 15.3 Å². The maximum Gasteiger partial charge on any atom is 0.108 e. The predicted octanol–water partition coefficient (Wildman–Crippen LogP) is 2.68. The third kappa shape index (κ3) is 2.62. The van der Waals surface area contributed by atoms with Gasteiger partial charge >= 0.3 is 0 Å². The Morgan fingerprint density at radius 3 is 2.78 bits per heavy atom. The lowest BCUT2D eigenvalue weighted by molar-refractivity contribution is 0.669. The summed E-state index contributed by atoms with van der Waals surface area (Å²) in [5.74, 6) is 1.08. The van der Waals surface area contributed by atoms with Crippen molar-refractivity contribution < 1.29 is 0 Å².